The summed E-state index contributed by atoms with van der Waals surface area (Å²) in [4.78, 5) is 0. The zero-order valence-electron chi connectivity index (χ0n) is 12.5. The number of aryl methyl sites for hydroxylation is 1. The summed E-state index contributed by atoms with van der Waals surface area (Å²) in [6.07, 6.45) is 1.97. The second-order valence-corrected chi connectivity index (χ2v) is 5.33. The maximum absolute atomic E-state index is 5.67. The van der Waals surface area contributed by atoms with Gasteiger partial charge >= 0.3 is 0 Å². The van der Waals surface area contributed by atoms with Crippen molar-refractivity contribution in [2.75, 3.05) is 20.3 Å². The van der Waals surface area contributed by atoms with E-state index in [1.165, 1.54) is 16.8 Å². The first-order valence-electron chi connectivity index (χ1n) is 7.20. The molecule has 0 fully saturated rings. The van der Waals surface area contributed by atoms with Crippen molar-refractivity contribution < 1.29 is 9.47 Å². The highest BCUT2D eigenvalue weighted by Crippen LogP contribution is 2.25. The minimum atomic E-state index is 0.358. The molecule has 1 aromatic heterocycles. The van der Waals surface area contributed by atoms with Crippen molar-refractivity contribution in [2.24, 2.45) is 7.05 Å². The van der Waals surface area contributed by atoms with E-state index in [-0.39, 0.29) is 0 Å². The van der Waals surface area contributed by atoms with Crippen LogP contribution in [0.2, 0.25) is 0 Å². The highest BCUT2D eigenvalue weighted by atomic mass is 16.5. The van der Waals surface area contributed by atoms with Gasteiger partial charge in [0.2, 0.25) is 0 Å². The molecular weight excluding hydrogens is 266 g/mol. The highest BCUT2D eigenvalue weighted by molar-refractivity contribution is 5.33. The lowest BCUT2D eigenvalue weighted by Gasteiger charge is -2.23. The van der Waals surface area contributed by atoms with Gasteiger partial charge < -0.3 is 14.8 Å². The summed E-state index contributed by atoms with van der Waals surface area (Å²) in [6.45, 7) is 3.07. The lowest BCUT2D eigenvalue weighted by molar-refractivity contribution is 0.0857. The van der Waals surface area contributed by atoms with Crippen LogP contribution in [-0.4, -0.2) is 30.0 Å². The Balaban J connectivity index is 1.61. The molecule has 0 spiro atoms. The molecule has 1 aliphatic heterocycles. The third-order valence-corrected chi connectivity index (χ3v) is 3.99. The fourth-order valence-electron chi connectivity index (χ4n) is 2.78. The third-order valence-electron chi connectivity index (χ3n) is 3.99. The van der Waals surface area contributed by atoms with Crippen LogP contribution in [0.4, 0.5) is 0 Å². The van der Waals surface area contributed by atoms with E-state index in [0.29, 0.717) is 12.5 Å². The predicted molar refractivity (Wildman–Crippen MR) is 80.3 cm³/mol. The van der Waals surface area contributed by atoms with E-state index < -0.39 is 0 Å². The van der Waals surface area contributed by atoms with Crippen molar-refractivity contribution in [3.05, 3.63) is 47.3 Å². The molecule has 0 saturated carbocycles. The van der Waals surface area contributed by atoms with Crippen LogP contribution in [0, 0.1) is 0 Å². The molecular formula is C16H21N3O2. The summed E-state index contributed by atoms with van der Waals surface area (Å²) < 4.78 is 12.9. The Morgan fingerprint density at radius 3 is 3.14 bits per heavy atom. The first-order chi connectivity index (χ1) is 10.3. The number of methoxy groups -OCH3 is 1. The van der Waals surface area contributed by atoms with Gasteiger partial charge in [0.1, 0.15) is 5.75 Å². The molecule has 3 rings (SSSR count). The number of rotatable bonds is 5. The Bertz CT molecular complexity index is 609. The molecule has 21 heavy (non-hydrogen) atoms. The maximum atomic E-state index is 5.67. The van der Waals surface area contributed by atoms with E-state index in [9.17, 15) is 0 Å². The van der Waals surface area contributed by atoms with Gasteiger partial charge in [-0.2, -0.15) is 5.10 Å². The number of aromatic nitrogens is 2. The van der Waals surface area contributed by atoms with Crippen molar-refractivity contribution >= 4 is 0 Å². The van der Waals surface area contributed by atoms with E-state index in [4.69, 9.17) is 9.47 Å². The van der Waals surface area contributed by atoms with Crippen LogP contribution in [0.25, 0.3) is 0 Å². The summed E-state index contributed by atoms with van der Waals surface area (Å²) in [5, 5.41) is 7.83. The molecule has 112 valence electrons. The molecule has 1 N–H and O–H groups in total. The van der Waals surface area contributed by atoms with E-state index in [0.717, 1.165) is 25.4 Å². The van der Waals surface area contributed by atoms with E-state index >= 15 is 0 Å². The fraction of sp³-hybridized carbons (Fsp3) is 0.438. The van der Waals surface area contributed by atoms with Crippen LogP contribution < -0.4 is 10.1 Å². The summed E-state index contributed by atoms with van der Waals surface area (Å²) in [5.74, 6) is 1.28. The normalized spacial score (nSPS) is 17.5. The van der Waals surface area contributed by atoms with Crippen LogP contribution in [0.15, 0.2) is 30.5 Å². The number of para-hydroxylation sites is 1. The fourth-order valence-corrected chi connectivity index (χ4v) is 2.78. The van der Waals surface area contributed by atoms with Crippen molar-refractivity contribution in [1.82, 2.24) is 15.1 Å². The third kappa shape index (κ3) is 2.94. The lowest BCUT2D eigenvalue weighted by Crippen LogP contribution is -2.28. The van der Waals surface area contributed by atoms with Crippen molar-refractivity contribution in [1.29, 1.82) is 0 Å². The SMILES string of the molecule is COc1ccccc1CNCC1COCc2c1cnn2C. The van der Waals surface area contributed by atoms with E-state index in [1.807, 2.05) is 36.1 Å². The molecule has 2 aromatic rings. The molecule has 2 heterocycles. The maximum Gasteiger partial charge on any atom is 0.123 e. The molecule has 0 saturated heterocycles. The van der Waals surface area contributed by atoms with Gasteiger partial charge in [0.15, 0.2) is 0 Å². The Hall–Kier alpha value is -1.85. The minimum absolute atomic E-state index is 0.358. The average Bonchev–Trinajstić information content (AvgIpc) is 2.90. The topological polar surface area (TPSA) is 48.3 Å². The van der Waals surface area contributed by atoms with Crippen LogP contribution in [0.3, 0.4) is 0 Å². The van der Waals surface area contributed by atoms with Gasteiger partial charge in [0.25, 0.3) is 0 Å². The van der Waals surface area contributed by atoms with Gasteiger partial charge in [-0.25, -0.2) is 0 Å². The lowest BCUT2D eigenvalue weighted by atomic mass is 9.98. The van der Waals surface area contributed by atoms with Gasteiger partial charge in [0.05, 0.1) is 32.2 Å². The molecule has 1 aromatic carbocycles. The Labute approximate surface area is 124 Å². The van der Waals surface area contributed by atoms with Crippen molar-refractivity contribution in [3.63, 3.8) is 0 Å². The molecule has 1 aliphatic rings. The Kier molecular flexibility index (Phi) is 4.22. The standard InChI is InChI=1S/C16H21N3O2/c1-19-15-11-21-10-13(14(15)9-18-19)8-17-7-12-5-3-4-6-16(12)20-2/h3-6,9,13,17H,7-8,10-11H2,1-2H3. The van der Waals surface area contributed by atoms with Gasteiger partial charge in [-0.1, -0.05) is 18.2 Å². The highest BCUT2D eigenvalue weighted by Gasteiger charge is 2.23. The molecule has 0 amide bonds. The van der Waals surface area contributed by atoms with Crippen LogP contribution in [0.1, 0.15) is 22.7 Å². The predicted octanol–water partition coefficient (Wildman–Crippen LogP) is 1.83. The second-order valence-electron chi connectivity index (χ2n) is 5.33. The smallest absolute Gasteiger partial charge is 0.123 e. The van der Waals surface area contributed by atoms with Gasteiger partial charge in [0, 0.05) is 37.2 Å². The number of hydrogen-bond donors (Lipinski definition) is 1. The van der Waals surface area contributed by atoms with E-state index in [2.05, 4.69) is 16.5 Å². The molecule has 0 bridgehead atoms. The molecule has 0 aliphatic carbocycles. The van der Waals surface area contributed by atoms with Crippen molar-refractivity contribution in [2.45, 2.75) is 19.1 Å². The number of hydrogen-bond acceptors (Lipinski definition) is 4. The Morgan fingerprint density at radius 1 is 1.43 bits per heavy atom. The van der Waals surface area contributed by atoms with Crippen LogP contribution in [0.5, 0.6) is 5.75 Å². The number of nitrogens with zero attached hydrogens (tertiary/aromatic N) is 2. The Morgan fingerprint density at radius 2 is 2.29 bits per heavy atom. The summed E-state index contributed by atoms with van der Waals surface area (Å²) in [7, 11) is 3.67. The van der Waals surface area contributed by atoms with Crippen LogP contribution in [-0.2, 0) is 24.9 Å². The van der Waals surface area contributed by atoms with Gasteiger partial charge in [-0.3, -0.25) is 4.68 Å². The van der Waals surface area contributed by atoms with Gasteiger partial charge in [-0.15, -0.1) is 0 Å². The zero-order valence-corrected chi connectivity index (χ0v) is 12.5. The van der Waals surface area contributed by atoms with Gasteiger partial charge in [-0.05, 0) is 6.07 Å². The molecule has 0 radical (unpaired) electrons. The first-order valence-corrected chi connectivity index (χ1v) is 7.20. The molecule has 5 heteroatoms. The van der Waals surface area contributed by atoms with Crippen LogP contribution >= 0.6 is 0 Å². The van der Waals surface area contributed by atoms with Crippen molar-refractivity contribution in [3.8, 4) is 5.75 Å². The monoisotopic (exact) mass is 287 g/mol. The average molecular weight is 287 g/mol. The largest absolute Gasteiger partial charge is 0.496 e. The molecule has 5 nitrogen and oxygen atoms in total. The minimum Gasteiger partial charge on any atom is -0.496 e. The molecule has 1 unspecified atom stereocenters. The zero-order chi connectivity index (χ0) is 14.7. The number of nitrogens with one attached hydrogen (secondary N) is 1. The number of benzene rings is 1. The molecule has 1 atom stereocenters. The summed E-state index contributed by atoms with van der Waals surface area (Å²) in [5.41, 5.74) is 3.66. The van der Waals surface area contributed by atoms with E-state index in [1.54, 1.807) is 7.11 Å². The summed E-state index contributed by atoms with van der Waals surface area (Å²) in [6, 6.07) is 8.08. The number of ether oxygens (including phenoxy) is 2. The second kappa shape index (κ2) is 6.28. The first kappa shape index (κ1) is 14.1. The summed E-state index contributed by atoms with van der Waals surface area (Å²) >= 11 is 0. The quantitative estimate of drug-likeness (QED) is 0.911. The number of fused-ring (bicyclic) bond motifs is 1.